The number of piperidine rings is 1. The number of fused-ring (bicyclic) bond motifs is 2. The fraction of sp³-hybridized carbons (Fsp3) is 0.640. The number of ether oxygens (including phenoxy) is 3. The molecule has 2 unspecified atom stereocenters. The molecule has 1 aromatic carbocycles. The zero-order valence-electron chi connectivity index (χ0n) is 19.2. The summed E-state index contributed by atoms with van der Waals surface area (Å²) in [6, 6.07) is 9.12. The minimum atomic E-state index is -0.495. The molecule has 176 valence electrons. The van der Waals surface area contributed by atoms with Gasteiger partial charge in [-0.2, -0.15) is 0 Å². The lowest BCUT2D eigenvalue weighted by Gasteiger charge is -2.42. The Morgan fingerprint density at radius 1 is 1.06 bits per heavy atom. The molecule has 2 heterocycles. The third kappa shape index (κ3) is 6.09. The Balaban J connectivity index is 1.56. The van der Waals surface area contributed by atoms with Crippen molar-refractivity contribution in [1.82, 2.24) is 4.90 Å². The lowest BCUT2D eigenvalue weighted by molar-refractivity contribution is -0.156. The molecule has 0 N–H and O–H groups in total. The number of nitrogens with zero attached hydrogens (tertiary/aromatic N) is 1. The lowest BCUT2D eigenvalue weighted by atomic mass is 9.87. The van der Waals surface area contributed by atoms with E-state index in [9.17, 15) is 14.4 Å². The van der Waals surface area contributed by atoms with Crippen LogP contribution in [0.25, 0.3) is 0 Å². The molecule has 0 aromatic heterocycles. The van der Waals surface area contributed by atoms with Gasteiger partial charge in [0, 0.05) is 24.9 Å². The van der Waals surface area contributed by atoms with Crippen molar-refractivity contribution in [3.63, 3.8) is 0 Å². The van der Waals surface area contributed by atoms with Crippen molar-refractivity contribution in [3.8, 4) is 0 Å². The van der Waals surface area contributed by atoms with Crippen molar-refractivity contribution in [3.05, 3.63) is 35.9 Å². The number of hydrogen-bond donors (Lipinski definition) is 0. The summed E-state index contributed by atoms with van der Waals surface area (Å²) in [5.74, 6) is -1.37. The van der Waals surface area contributed by atoms with E-state index < -0.39 is 18.0 Å². The highest BCUT2D eigenvalue weighted by atomic mass is 16.6. The predicted molar refractivity (Wildman–Crippen MR) is 119 cm³/mol. The molecule has 2 saturated heterocycles. The molecule has 0 saturated carbocycles. The topological polar surface area (TPSA) is 82.1 Å². The maximum atomic E-state index is 12.7. The molecule has 3 rings (SSSR count). The maximum Gasteiger partial charge on any atom is 0.338 e. The van der Waals surface area contributed by atoms with Crippen LogP contribution in [0.5, 0.6) is 0 Å². The predicted octanol–water partition coefficient (Wildman–Crippen LogP) is 3.75. The first-order valence-electron chi connectivity index (χ1n) is 11.8. The number of benzene rings is 1. The molecule has 0 radical (unpaired) electrons. The van der Waals surface area contributed by atoms with Gasteiger partial charge < -0.3 is 14.2 Å². The molecule has 2 aliphatic heterocycles. The summed E-state index contributed by atoms with van der Waals surface area (Å²) < 4.78 is 16.1. The van der Waals surface area contributed by atoms with Crippen molar-refractivity contribution >= 4 is 17.9 Å². The summed E-state index contributed by atoms with van der Waals surface area (Å²) in [5.41, 5.74) is 0.483. The summed E-state index contributed by atoms with van der Waals surface area (Å²) in [7, 11) is 1.38. The fourth-order valence-corrected chi connectivity index (χ4v) is 4.93. The number of esters is 3. The Bertz CT molecular complexity index is 767. The molecular formula is C25H35NO6. The number of unbranched alkanes of at least 4 members (excludes halogenated alkanes) is 2. The zero-order valence-corrected chi connectivity index (χ0v) is 19.2. The lowest BCUT2D eigenvalue weighted by Crippen LogP contribution is -2.55. The van der Waals surface area contributed by atoms with Crippen LogP contribution in [0.4, 0.5) is 0 Å². The van der Waals surface area contributed by atoms with Gasteiger partial charge >= 0.3 is 17.9 Å². The van der Waals surface area contributed by atoms with E-state index in [1.807, 2.05) is 6.07 Å². The first-order chi connectivity index (χ1) is 15.5. The van der Waals surface area contributed by atoms with Crippen LogP contribution in [-0.2, 0) is 23.8 Å². The van der Waals surface area contributed by atoms with Gasteiger partial charge in [-0.1, -0.05) is 31.5 Å². The SMILES string of the molecule is CCCCOC(=O)CCCCN1C2CCC1[C@@H](C(=O)OC)[C@@H](OC(=O)c1ccccc1)C2. The third-order valence-electron chi connectivity index (χ3n) is 6.56. The number of carbonyl (C=O) groups excluding carboxylic acids is 3. The average molecular weight is 446 g/mol. The number of rotatable bonds is 11. The molecule has 2 aliphatic rings. The second kappa shape index (κ2) is 12.0. The van der Waals surface area contributed by atoms with E-state index in [4.69, 9.17) is 14.2 Å². The smallest absolute Gasteiger partial charge is 0.338 e. The second-order valence-electron chi connectivity index (χ2n) is 8.66. The largest absolute Gasteiger partial charge is 0.469 e. The summed E-state index contributed by atoms with van der Waals surface area (Å²) in [4.78, 5) is 39.5. The van der Waals surface area contributed by atoms with E-state index >= 15 is 0 Å². The number of methoxy groups -OCH3 is 1. The van der Waals surface area contributed by atoms with Crippen LogP contribution in [0.15, 0.2) is 30.3 Å². The van der Waals surface area contributed by atoms with E-state index in [1.54, 1.807) is 24.3 Å². The summed E-state index contributed by atoms with van der Waals surface area (Å²) in [6.07, 6.45) is 5.92. The minimum Gasteiger partial charge on any atom is -0.469 e. The van der Waals surface area contributed by atoms with Crippen LogP contribution in [0.1, 0.15) is 68.6 Å². The Morgan fingerprint density at radius 3 is 2.56 bits per heavy atom. The molecular weight excluding hydrogens is 410 g/mol. The average Bonchev–Trinajstić information content (AvgIpc) is 3.09. The molecule has 2 fully saturated rings. The van der Waals surface area contributed by atoms with Gasteiger partial charge in [0.1, 0.15) is 12.0 Å². The molecule has 0 aliphatic carbocycles. The normalized spacial score (nSPS) is 24.7. The third-order valence-corrected chi connectivity index (χ3v) is 6.56. The standard InChI is InChI=1S/C25H35NO6/c1-3-4-16-31-22(27)12-8-9-15-26-19-13-14-20(26)23(25(29)30-2)21(17-19)32-24(28)18-10-6-5-7-11-18/h5-7,10-11,19-21,23H,3-4,8-9,12-17H2,1-2H3/t19?,20?,21-,23+/m0/s1. The van der Waals surface area contributed by atoms with E-state index in [-0.39, 0.29) is 24.0 Å². The van der Waals surface area contributed by atoms with Gasteiger partial charge in [0.2, 0.25) is 0 Å². The quantitative estimate of drug-likeness (QED) is 0.291. The van der Waals surface area contributed by atoms with Gasteiger partial charge in [0.05, 0.1) is 19.3 Å². The molecule has 32 heavy (non-hydrogen) atoms. The fourth-order valence-electron chi connectivity index (χ4n) is 4.93. The Morgan fingerprint density at radius 2 is 1.84 bits per heavy atom. The molecule has 0 spiro atoms. The van der Waals surface area contributed by atoms with Crippen LogP contribution >= 0.6 is 0 Å². The van der Waals surface area contributed by atoms with Gasteiger partial charge in [-0.15, -0.1) is 0 Å². The monoisotopic (exact) mass is 445 g/mol. The molecule has 1 aromatic rings. The van der Waals surface area contributed by atoms with E-state index in [0.29, 0.717) is 25.0 Å². The first kappa shape index (κ1) is 24.2. The highest BCUT2D eigenvalue weighted by molar-refractivity contribution is 5.89. The van der Waals surface area contributed by atoms with Crippen LogP contribution < -0.4 is 0 Å². The van der Waals surface area contributed by atoms with E-state index in [0.717, 1.165) is 45.1 Å². The molecule has 7 nitrogen and oxygen atoms in total. The van der Waals surface area contributed by atoms with Crippen LogP contribution in [0.3, 0.4) is 0 Å². The van der Waals surface area contributed by atoms with Crippen molar-refractivity contribution in [1.29, 1.82) is 0 Å². The number of carbonyl (C=O) groups is 3. The molecule has 2 bridgehead atoms. The molecule has 7 heteroatoms. The van der Waals surface area contributed by atoms with Gasteiger partial charge in [0.15, 0.2) is 0 Å². The number of hydrogen-bond acceptors (Lipinski definition) is 7. The molecule has 4 atom stereocenters. The van der Waals surface area contributed by atoms with Crippen molar-refractivity contribution in [2.24, 2.45) is 5.92 Å². The van der Waals surface area contributed by atoms with Gasteiger partial charge in [-0.25, -0.2) is 4.79 Å². The van der Waals surface area contributed by atoms with Crippen molar-refractivity contribution in [2.75, 3.05) is 20.3 Å². The van der Waals surface area contributed by atoms with E-state index in [2.05, 4.69) is 11.8 Å². The second-order valence-corrected chi connectivity index (χ2v) is 8.66. The van der Waals surface area contributed by atoms with Gasteiger partial charge in [-0.3, -0.25) is 14.5 Å². The first-order valence-corrected chi connectivity index (χ1v) is 11.8. The highest BCUT2D eigenvalue weighted by Gasteiger charge is 2.52. The van der Waals surface area contributed by atoms with Gasteiger partial charge in [-0.05, 0) is 50.8 Å². The Labute approximate surface area is 190 Å². The molecule has 0 amide bonds. The maximum absolute atomic E-state index is 12.7. The van der Waals surface area contributed by atoms with Gasteiger partial charge in [0.25, 0.3) is 0 Å². The van der Waals surface area contributed by atoms with Crippen LogP contribution in [0.2, 0.25) is 0 Å². The van der Waals surface area contributed by atoms with Crippen LogP contribution in [0, 0.1) is 5.92 Å². The summed E-state index contributed by atoms with van der Waals surface area (Å²) >= 11 is 0. The minimum absolute atomic E-state index is 0.00807. The Hall–Kier alpha value is -2.41. The van der Waals surface area contributed by atoms with Crippen LogP contribution in [-0.4, -0.2) is 61.3 Å². The summed E-state index contributed by atoms with van der Waals surface area (Å²) in [5, 5.41) is 0. The van der Waals surface area contributed by atoms with Crippen molar-refractivity contribution in [2.45, 2.75) is 76.5 Å². The van der Waals surface area contributed by atoms with E-state index in [1.165, 1.54) is 7.11 Å². The highest BCUT2D eigenvalue weighted by Crippen LogP contribution is 2.41. The summed E-state index contributed by atoms with van der Waals surface area (Å²) in [6.45, 7) is 3.37. The Kier molecular flexibility index (Phi) is 9.09. The zero-order chi connectivity index (χ0) is 22.9. The van der Waals surface area contributed by atoms with Crippen molar-refractivity contribution < 1.29 is 28.6 Å².